The Morgan fingerprint density at radius 2 is 1.80 bits per heavy atom. The molecule has 5 rings (SSSR count). The van der Waals surface area contributed by atoms with E-state index in [-0.39, 0.29) is 46.8 Å². The predicted octanol–water partition coefficient (Wildman–Crippen LogP) is 4.98. The van der Waals surface area contributed by atoms with E-state index in [1.807, 2.05) is 20.8 Å². The number of carbonyl (C=O) groups excluding carboxylic acids is 2. The minimum absolute atomic E-state index is 0.0619. The summed E-state index contributed by atoms with van der Waals surface area (Å²) in [6, 6.07) is 7.55. The molecule has 11 nitrogen and oxygen atoms in total. The van der Waals surface area contributed by atoms with Gasteiger partial charge >= 0.3 is 5.97 Å². The third-order valence-electron chi connectivity index (χ3n) is 8.51. The van der Waals surface area contributed by atoms with Crippen molar-refractivity contribution in [1.82, 2.24) is 25.1 Å². The molecule has 1 aliphatic heterocycles. The SMILES string of the molecule is CC(C)[C@@H](C)OC(=O)C1CCN(C2CC(C(=O)Nc3cc(Nc4cc(-c5cc(Cl)ccc5F)nnc4CO)ncn3)C2)CC1. The largest absolute Gasteiger partial charge is 0.462 e. The number of carbonyl (C=O) groups is 2. The van der Waals surface area contributed by atoms with E-state index < -0.39 is 12.4 Å². The second kappa shape index (κ2) is 13.9. The van der Waals surface area contributed by atoms with E-state index in [0.29, 0.717) is 34.3 Å². The lowest BCUT2D eigenvalue weighted by molar-refractivity contribution is -0.157. The molecule has 44 heavy (non-hydrogen) atoms. The van der Waals surface area contributed by atoms with Crippen LogP contribution in [0, 0.1) is 23.6 Å². The van der Waals surface area contributed by atoms with Gasteiger partial charge in [-0.15, -0.1) is 5.10 Å². The molecule has 2 aliphatic rings. The molecule has 0 spiro atoms. The van der Waals surface area contributed by atoms with Gasteiger partial charge in [-0.25, -0.2) is 14.4 Å². The van der Waals surface area contributed by atoms with Crippen molar-refractivity contribution in [2.45, 2.75) is 65.2 Å². The molecule has 1 atom stereocenters. The van der Waals surface area contributed by atoms with Crippen molar-refractivity contribution in [3.63, 3.8) is 0 Å². The Hall–Kier alpha value is -3.74. The quantitative estimate of drug-likeness (QED) is 0.264. The zero-order chi connectivity index (χ0) is 31.4. The van der Waals surface area contributed by atoms with E-state index in [9.17, 15) is 19.1 Å². The molecule has 2 fully saturated rings. The normalized spacial score (nSPS) is 19.7. The van der Waals surface area contributed by atoms with Crippen LogP contribution in [0.1, 0.15) is 52.1 Å². The van der Waals surface area contributed by atoms with Crippen LogP contribution in [0.25, 0.3) is 11.3 Å². The average molecular weight is 626 g/mol. The number of benzene rings is 1. The van der Waals surface area contributed by atoms with Gasteiger partial charge in [-0.05, 0) is 75.9 Å². The van der Waals surface area contributed by atoms with Crippen LogP contribution >= 0.6 is 11.6 Å². The number of rotatable bonds is 10. The fourth-order valence-electron chi connectivity index (χ4n) is 5.34. The number of nitrogens with one attached hydrogen (secondary N) is 2. The molecule has 1 amide bonds. The minimum atomic E-state index is -0.516. The Morgan fingerprint density at radius 3 is 2.50 bits per heavy atom. The highest BCUT2D eigenvalue weighted by Gasteiger charge is 2.40. The van der Waals surface area contributed by atoms with Crippen molar-refractivity contribution in [1.29, 1.82) is 0 Å². The monoisotopic (exact) mass is 625 g/mol. The molecule has 234 valence electrons. The molecule has 1 aromatic carbocycles. The van der Waals surface area contributed by atoms with Gasteiger partial charge in [0.25, 0.3) is 0 Å². The van der Waals surface area contributed by atoms with Crippen molar-refractivity contribution >= 4 is 40.8 Å². The second-order valence-corrected chi connectivity index (χ2v) is 12.2. The summed E-state index contributed by atoms with van der Waals surface area (Å²) in [5.41, 5.74) is 0.972. The first-order valence-electron chi connectivity index (χ1n) is 14.9. The van der Waals surface area contributed by atoms with Gasteiger partial charge in [-0.3, -0.25) is 9.59 Å². The number of halogens is 2. The smallest absolute Gasteiger partial charge is 0.309 e. The molecule has 1 saturated carbocycles. The van der Waals surface area contributed by atoms with Crippen molar-refractivity contribution in [2.24, 2.45) is 17.8 Å². The number of esters is 1. The van der Waals surface area contributed by atoms with Crippen LogP contribution in [0.4, 0.5) is 21.7 Å². The number of hydrogen-bond acceptors (Lipinski definition) is 10. The molecule has 0 unspecified atom stereocenters. The third kappa shape index (κ3) is 7.48. The lowest BCUT2D eigenvalue weighted by atomic mass is 9.77. The van der Waals surface area contributed by atoms with E-state index in [1.54, 1.807) is 12.1 Å². The molecule has 1 aliphatic carbocycles. The van der Waals surface area contributed by atoms with Crippen LogP contribution in [-0.2, 0) is 20.9 Å². The first-order valence-corrected chi connectivity index (χ1v) is 15.3. The summed E-state index contributed by atoms with van der Waals surface area (Å²) in [5, 5.41) is 24.1. The third-order valence-corrected chi connectivity index (χ3v) is 8.74. The van der Waals surface area contributed by atoms with Gasteiger partial charge in [0.2, 0.25) is 5.91 Å². The maximum Gasteiger partial charge on any atom is 0.309 e. The van der Waals surface area contributed by atoms with Crippen molar-refractivity contribution < 1.29 is 23.8 Å². The number of aliphatic hydroxyl groups excluding tert-OH is 1. The number of amides is 1. The summed E-state index contributed by atoms with van der Waals surface area (Å²) in [4.78, 5) is 36.2. The lowest BCUT2D eigenvalue weighted by Crippen LogP contribution is -2.51. The van der Waals surface area contributed by atoms with Gasteiger partial charge in [0.15, 0.2) is 0 Å². The van der Waals surface area contributed by atoms with E-state index in [2.05, 4.69) is 35.7 Å². The Balaban J connectivity index is 1.14. The predicted molar refractivity (Wildman–Crippen MR) is 164 cm³/mol. The number of piperidine rings is 1. The topological polar surface area (TPSA) is 142 Å². The summed E-state index contributed by atoms with van der Waals surface area (Å²) >= 11 is 6.04. The second-order valence-electron chi connectivity index (χ2n) is 11.8. The van der Waals surface area contributed by atoms with E-state index >= 15 is 0 Å². The van der Waals surface area contributed by atoms with Crippen LogP contribution in [0.2, 0.25) is 5.02 Å². The minimum Gasteiger partial charge on any atom is -0.462 e. The van der Waals surface area contributed by atoms with Gasteiger partial charge in [0.1, 0.15) is 35.6 Å². The molecular weight excluding hydrogens is 589 g/mol. The van der Waals surface area contributed by atoms with E-state index in [1.165, 1.54) is 24.5 Å². The molecule has 3 N–H and O–H groups in total. The highest BCUT2D eigenvalue weighted by atomic mass is 35.5. The maximum atomic E-state index is 14.4. The van der Waals surface area contributed by atoms with Crippen molar-refractivity contribution in [2.75, 3.05) is 23.7 Å². The average Bonchev–Trinajstić information content (AvgIpc) is 2.98. The highest BCUT2D eigenvalue weighted by Crippen LogP contribution is 2.35. The van der Waals surface area contributed by atoms with Gasteiger partial charge < -0.3 is 25.4 Å². The number of aromatic nitrogens is 4. The van der Waals surface area contributed by atoms with Gasteiger partial charge in [-0.1, -0.05) is 25.4 Å². The standard InChI is InChI=1S/C31H37ClFN7O4/c1-17(2)18(3)44-31(43)19-6-8-40(9-7-19)22-10-20(11-22)30(42)37-29-14-28(34-16-35-29)36-26-13-25(38-39-27(26)15-41)23-12-21(32)4-5-24(23)33/h4-5,12-14,16-20,22,41H,6-11,15H2,1-3H3,(H2,34,35,36,37,38,42)/t18-,20?,22?/m1/s1. The maximum absolute atomic E-state index is 14.4. The molecular formula is C31H37ClFN7O4. The summed E-state index contributed by atoms with van der Waals surface area (Å²) < 4.78 is 20.0. The summed E-state index contributed by atoms with van der Waals surface area (Å²) in [6.45, 7) is 7.25. The Labute approximate surface area is 260 Å². The molecule has 0 bridgehead atoms. The van der Waals surface area contributed by atoms with Crippen LogP contribution in [0.5, 0.6) is 0 Å². The van der Waals surface area contributed by atoms with Crippen molar-refractivity contribution in [3.8, 4) is 11.3 Å². The number of hydrogen-bond donors (Lipinski definition) is 3. The van der Waals surface area contributed by atoms with Gasteiger partial charge in [0, 0.05) is 28.6 Å². The number of nitrogens with zero attached hydrogens (tertiary/aromatic N) is 5. The number of likely N-dealkylation sites (tertiary alicyclic amines) is 1. The molecule has 3 heterocycles. The van der Waals surface area contributed by atoms with Crippen LogP contribution in [0.3, 0.4) is 0 Å². The van der Waals surface area contributed by atoms with E-state index in [4.69, 9.17) is 16.3 Å². The van der Waals surface area contributed by atoms with Crippen LogP contribution < -0.4 is 10.6 Å². The van der Waals surface area contributed by atoms with E-state index in [0.717, 1.165) is 38.8 Å². The molecule has 0 radical (unpaired) electrons. The summed E-state index contributed by atoms with van der Waals surface area (Å²) in [7, 11) is 0. The molecule has 2 aromatic heterocycles. The van der Waals surface area contributed by atoms with Crippen LogP contribution in [-0.4, -0.2) is 67.3 Å². The molecule has 3 aromatic rings. The lowest BCUT2D eigenvalue weighted by Gasteiger charge is -2.44. The fourth-order valence-corrected chi connectivity index (χ4v) is 5.52. The Kier molecular flexibility index (Phi) is 10.0. The summed E-state index contributed by atoms with van der Waals surface area (Å²) in [5.74, 6) is 0.0185. The number of ether oxygens (including phenoxy) is 1. The number of aliphatic hydroxyl groups is 1. The summed E-state index contributed by atoms with van der Waals surface area (Å²) in [6.07, 6.45) is 4.25. The van der Waals surface area contributed by atoms with Gasteiger partial charge in [0.05, 0.1) is 23.9 Å². The van der Waals surface area contributed by atoms with Gasteiger partial charge in [-0.2, -0.15) is 5.10 Å². The molecule has 13 heteroatoms. The zero-order valence-corrected chi connectivity index (χ0v) is 25.7. The number of anilines is 3. The Bertz CT molecular complexity index is 1500. The zero-order valence-electron chi connectivity index (χ0n) is 25.0. The highest BCUT2D eigenvalue weighted by molar-refractivity contribution is 6.30. The first-order chi connectivity index (χ1) is 21.1. The fraction of sp³-hybridized carbons (Fsp3) is 0.484. The first kappa shape index (κ1) is 31.7. The molecule has 1 saturated heterocycles. The van der Waals surface area contributed by atoms with Crippen molar-refractivity contribution in [3.05, 3.63) is 53.2 Å². The Morgan fingerprint density at radius 1 is 1.07 bits per heavy atom. The van der Waals surface area contributed by atoms with Crippen LogP contribution in [0.15, 0.2) is 36.7 Å².